The number of alkyl carbamates (subject to hydrolysis) is 1. The van der Waals surface area contributed by atoms with Crippen LogP contribution in [0.5, 0.6) is 0 Å². The van der Waals surface area contributed by atoms with E-state index in [1.807, 2.05) is 33.8 Å². The average Bonchev–Trinajstić information content (AvgIpc) is 2.92. The number of aromatic nitrogens is 2. The molecule has 0 aliphatic rings. The zero-order valence-electron chi connectivity index (χ0n) is 14.1. The predicted molar refractivity (Wildman–Crippen MR) is 101 cm³/mol. The lowest BCUT2D eigenvalue weighted by Crippen LogP contribution is -2.42. The van der Waals surface area contributed by atoms with Crippen LogP contribution in [0.15, 0.2) is 17.3 Å². The normalized spacial score (nSPS) is 11.4. The SMILES string of the molecule is CCNC(=NCc1ccn[nH]1)NCCNC(=O)OC(C)(C)C.I. The highest BCUT2D eigenvalue weighted by Gasteiger charge is 2.15. The predicted octanol–water partition coefficient (Wildman–Crippen LogP) is 1.61. The van der Waals surface area contributed by atoms with Crippen molar-refractivity contribution in [2.45, 2.75) is 39.8 Å². The van der Waals surface area contributed by atoms with Crippen molar-refractivity contribution in [1.82, 2.24) is 26.1 Å². The molecule has 132 valence electrons. The van der Waals surface area contributed by atoms with E-state index >= 15 is 0 Å². The summed E-state index contributed by atoms with van der Waals surface area (Å²) in [5, 5.41) is 15.7. The molecule has 0 aliphatic heterocycles. The Labute approximate surface area is 154 Å². The van der Waals surface area contributed by atoms with Crippen LogP contribution in [0.1, 0.15) is 33.4 Å². The third-order valence-electron chi connectivity index (χ3n) is 2.40. The second-order valence-corrected chi connectivity index (χ2v) is 5.63. The van der Waals surface area contributed by atoms with Gasteiger partial charge in [-0.05, 0) is 33.8 Å². The van der Waals surface area contributed by atoms with Gasteiger partial charge in [0.05, 0.1) is 12.2 Å². The molecule has 0 spiro atoms. The number of guanidine groups is 1. The lowest BCUT2D eigenvalue weighted by atomic mass is 10.2. The summed E-state index contributed by atoms with van der Waals surface area (Å²) in [4.78, 5) is 15.9. The molecule has 4 N–H and O–H groups in total. The Morgan fingerprint density at radius 2 is 2.00 bits per heavy atom. The van der Waals surface area contributed by atoms with Crippen molar-refractivity contribution in [1.29, 1.82) is 0 Å². The minimum absolute atomic E-state index is 0. The first-order chi connectivity index (χ1) is 10.4. The van der Waals surface area contributed by atoms with Crippen LogP contribution < -0.4 is 16.0 Å². The Kier molecular flexibility index (Phi) is 10.4. The number of amides is 1. The molecule has 1 amide bonds. The van der Waals surface area contributed by atoms with Gasteiger partial charge in [0.2, 0.25) is 0 Å². The van der Waals surface area contributed by atoms with Crippen LogP contribution in [0.25, 0.3) is 0 Å². The Morgan fingerprint density at radius 1 is 1.30 bits per heavy atom. The molecule has 0 aliphatic carbocycles. The quantitative estimate of drug-likeness (QED) is 0.234. The van der Waals surface area contributed by atoms with Gasteiger partial charge in [-0.15, -0.1) is 24.0 Å². The van der Waals surface area contributed by atoms with Gasteiger partial charge in [-0.1, -0.05) is 0 Å². The topological polar surface area (TPSA) is 103 Å². The molecular formula is C14H27IN6O2. The average molecular weight is 438 g/mol. The minimum Gasteiger partial charge on any atom is -0.444 e. The van der Waals surface area contributed by atoms with Gasteiger partial charge < -0.3 is 20.7 Å². The molecule has 1 rings (SSSR count). The molecular weight excluding hydrogens is 411 g/mol. The smallest absolute Gasteiger partial charge is 0.407 e. The molecule has 0 bridgehead atoms. The van der Waals surface area contributed by atoms with E-state index in [0.29, 0.717) is 25.6 Å². The van der Waals surface area contributed by atoms with Gasteiger partial charge >= 0.3 is 6.09 Å². The number of halogens is 1. The van der Waals surface area contributed by atoms with Crippen molar-refractivity contribution in [3.63, 3.8) is 0 Å². The highest BCUT2D eigenvalue weighted by atomic mass is 127. The zero-order valence-corrected chi connectivity index (χ0v) is 16.4. The van der Waals surface area contributed by atoms with E-state index in [1.165, 1.54) is 0 Å². The molecule has 0 radical (unpaired) electrons. The Morgan fingerprint density at radius 3 is 2.57 bits per heavy atom. The number of carbonyl (C=O) groups excluding carboxylic acids is 1. The van der Waals surface area contributed by atoms with Crippen molar-refractivity contribution >= 4 is 36.0 Å². The molecule has 0 fully saturated rings. The fourth-order valence-corrected chi connectivity index (χ4v) is 1.54. The maximum absolute atomic E-state index is 11.5. The van der Waals surface area contributed by atoms with Crippen LogP contribution in [0.4, 0.5) is 4.79 Å². The molecule has 0 atom stereocenters. The summed E-state index contributed by atoms with van der Waals surface area (Å²) >= 11 is 0. The van der Waals surface area contributed by atoms with Crippen LogP contribution >= 0.6 is 24.0 Å². The summed E-state index contributed by atoms with van der Waals surface area (Å²) in [5.41, 5.74) is 0.446. The molecule has 0 aromatic carbocycles. The Bertz CT molecular complexity index is 470. The van der Waals surface area contributed by atoms with Gasteiger partial charge in [-0.3, -0.25) is 5.10 Å². The molecule has 23 heavy (non-hydrogen) atoms. The number of aromatic amines is 1. The lowest BCUT2D eigenvalue weighted by molar-refractivity contribution is 0.0529. The Hall–Kier alpha value is -1.52. The van der Waals surface area contributed by atoms with Crippen molar-refractivity contribution in [3.05, 3.63) is 18.0 Å². The zero-order chi connectivity index (χ0) is 16.4. The number of hydrogen-bond acceptors (Lipinski definition) is 4. The van der Waals surface area contributed by atoms with E-state index < -0.39 is 11.7 Å². The van der Waals surface area contributed by atoms with E-state index in [9.17, 15) is 4.79 Å². The number of nitrogens with zero attached hydrogens (tertiary/aromatic N) is 2. The summed E-state index contributed by atoms with van der Waals surface area (Å²) < 4.78 is 5.15. The first-order valence-electron chi connectivity index (χ1n) is 7.38. The standard InChI is InChI=1S/C14H26N6O2.HI/c1-5-15-12(18-10-11-6-7-19-20-11)16-8-9-17-13(21)22-14(2,3)4;/h6-7H,5,8-10H2,1-4H3,(H,17,21)(H,19,20)(H2,15,16,18);1H. The van der Waals surface area contributed by atoms with Crippen LogP contribution in [-0.2, 0) is 11.3 Å². The maximum atomic E-state index is 11.5. The van der Waals surface area contributed by atoms with E-state index in [0.717, 1.165) is 12.2 Å². The summed E-state index contributed by atoms with van der Waals surface area (Å²) in [6.45, 7) is 9.75. The molecule has 1 heterocycles. The number of carbonyl (C=O) groups is 1. The van der Waals surface area contributed by atoms with E-state index in [-0.39, 0.29) is 24.0 Å². The first-order valence-corrected chi connectivity index (χ1v) is 7.38. The van der Waals surface area contributed by atoms with E-state index in [2.05, 4.69) is 31.1 Å². The molecule has 0 unspecified atom stereocenters. The highest BCUT2D eigenvalue weighted by Crippen LogP contribution is 2.05. The number of H-pyrrole nitrogens is 1. The monoisotopic (exact) mass is 438 g/mol. The second kappa shape index (κ2) is 11.1. The fourth-order valence-electron chi connectivity index (χ4n) is 1.54. The van der Waals surface area contributed by atoms with Gasteiger partial charge in [-0.2, -0.15) is 5.10 Å². The first kappa shape index (κ1) is 21.5. The largest absolute Gasteiger partial charge is 0.444 e. The van der Waals surface area contributed by atoms with Crippen LogP contribution in [-0.4, -0.2) is 47.5 Å². The fraction of sp³-hybridized carbons (Fsp3) is 0.643. The second-order valence-electron chi connectivity index (χ2n) is 5.63. The van der Waals surface area contributed by atoms with E-state index in [1.54, 1.807) is 6.20 Å². The number of ether oxygens (including phenoxy) is 1. The number of aliphatic imine (C=N–C) groups is 1. The van der Waals surface area contributed by atoms with Gasteiger partial charge in [-0.25, -0.2) is 9.79 Å². The van der Waals surface area contributed by atoms with Crippen molar-refractivity contribution in [2.24, 2.45) is 4.99 Å². The van der Waals surface area contributed by atoms with Crippen LogP contribution in [0, 0.1) is 0 Å². The van der Waals surface area contributed by atoms with Gasteiger partial charge in [0.1, 0.15) is 5.60 Å². The number of rotatable bonds is 6. The molecule has 0 saturated heterocycles. The number of hydrogen-bond donors (Lipinski definition) is 4. The van der Waals surface area contributed by atoms with Gasteiger partial charge in [0.25, 0.3) is 0 Å². The van der Waals surface area contributed by atoms with Gasteiger partial charge in [0, 0.05) is 25.8 Å². The van der Waals surface area contributed by atoms with Crippen LogP contribution in [0.3, 0.4) is 0 Å². The molecule has 0 saturated carbocycles. The third-order valence-corrected chi connectivity index (χ3v) is 2.40. The Balaban J connectivity index is 0.00000484. The molecule has 1 aromatic heterocycles. The third kappa shape index (κ3) is 10.8. The van der Waals surface area contributed by atoms with Crippen molar-refractivity contribution < 1.29 is 9.53 Å². The van der Waals surface area contributed by atoms with Crippen molar-refractivity contribution in [3.8, 4) is 0 Å². The molecule has 9 heteroatoms. The molecule has 1 aromatic rings. The van der Waals surface area contributed by atoms with E-state index in [4.69, 9.17) is 4.74 Å². The number of nitrogens with one attached hydrogen (secondary N) is 4. The summed E-state index contributed by atoms with van der Waals surface area (Å²) in [6, 6.07) is 1.87. The minimum atomic E-state index is -0.488. The van der Waals surface area contributed by atoms with Crippen LogP contribution in [0.2, 0.25) is 0 Å². The molecule has 8 nitrogen and oxygen atoms in total. The summed E-state index contributed by atoms with van der Waals surface area (Å²) in [5.74, 6) is 0.683. The lowest BCUT2D eigenvalue weighted by Gasteiger charge is -2.19. The van der Waals surface area contributed by atoms with Gasteiger partial charge in [0.15, 0.2) is 5.96 Å². The van der Waals surface area contributed by atoms with Crippen molar-refractivity contribution in [2.75, 3.05) is 19.6 Å². The maximum Gasteiger partial charge on any atom is 0.407 e. The highest BCUT2D eigenvalue weighted by molar-refractivity contribution is 14.0. The summed E-state index contributed by atoms with van der Waals surface area (Å²) in [6.07, 6.45) is 1.27. The summed E-state index contributed by atoms with van der Waals surface area (Å²) in [7, 11) is 0.